The second-order valence-electron chi connectivity index (χ2n) is 10.5. The Morgan fingerprint density at radius 1 is 0.500 bits per heavy atom. The lowest BCUT2D eigenvalue weighted by Crippen LogP contribution is -2.32. The highest BCUT2D eigenvalue weighted by Gasteiger charge is 2.40. The summed E-state index contributed by atoms with van der Waals surface area (Å²) < 4.78 is 0.472. The molecule has 0 bridgehead atoms. The molecule has 0 atom stereocenters. The number of rotatable bonds is 7. The lowest BCUT2D eigenvalue weighted by atomic mass is 9.67. The molecule has 0 saturated heterocycles. The first kappa shape index (κ1) is 24.6. The predicted molar refractivity (Wildman–Crippen MR) is 156 cm³/mol. The van der Waals surface area contributed by atoms with Crippen molar-refractivity contribution in [3.63, 3.8) is 0 Å². The van der Waals surface area contributed by atoms with E-state index in [4.69, 9.17) is 4.98 Å². The number of benzene rings is 3. The summed E-state index contributed by atoms with van der Waals surface area (Å²) in [5, 5.41) is 0. The molecule has 34 heavy (non-hydrogen) atoms. The van der Waals surface area contributed by atoms with Crippen LogP contribution in [0.3, 0.4) is 0 Å². The van der Waals surface area contributed by atoms with E-state index < -0.39 is 25.5 Å². The fraction of sp³-hybridized carbons (Fsp3) is 0.258. The molecule has 1 heterocycles. The van der Waals surface area contributed by atoms with Gasteiger partial charge in [-0.3, -0.25) is 4.98 Å². The third-order valence-electron chi connectivity index (χ3n) is 6.30. The van der Waals surface area contributed by atoms with Crippen LogP contribution >= 0.6 is 20.1 Å². The average molecular weight is 488 g/mol. The quantitative estimate of drug-likeness (QED) is 0.242. The first-order valence-corrected chi connectivity index (χ1v) is 17.5. The Hall–Kier alpha value is -2.49. The van der Waals surface area contributed by atoms with Gasteiger partial charge in [-0.2, -0.15) is 0 Å². The number of nitrogens with zero attached hydrogens (tertiary/aromatic N) is 1. The molecule has 0 unspecified atom stereocenters. The van der Waals surface area contributed by atoms with Gasteiger partial charge in [0.1, 0.15) is 0 Å². The Morgan fingerprint density at radius 2 is 0.882 bits per heavy atom. The average Bonchev–Trinajstić information content (AvgIpc) is 2.80. The Balaban J connectivity index is 2.08. The van der Waals surface area contributed by atoms with Crippen molar-refractivity contribution < 1.29 is 0 Å². The van der Waals surface area contributed by atoms with Gasteiger partial charge < -0.3 is 0 Å². The number of hydrogen-bond acceptors (Lipinski definition) is 1. The fourth-order valence-corrected chi connectivity index (χ4v) is 14.0. The molecule has 0 aliphatic heterocycles. The van der Waals surface area contributed by atoms with Gasteiger partial charge >= 0.3 is 0 Å². The summed E-state index contributed by atoms with van der Waals surface area (Å²) in [7, 11) is -1.71. The Labute approximate surface area is 209 Å². The second-order valence-corrected chi connectivity index (χ2v) is 19.5. The van der Waals surface area contributed by atoms with Crippen molar-refractivity contribution in [3.8, 4) is 0 Å². The molecule has 4 rings (SSSR count). The van der Waals surface area contributed by atoms with Crippen LogP contribution in [0.2, 0.25) is 0 Å². The van der Waals surface area contributed by atoms with Crippen molar-refractivity contribution in [2.75, 3.05) is 37.5 Å². The van der Waals surface area contributed by atoms with E-state index in [1.165, 1.54) is 22.4 Å². The van der Waals surface area contributed by atoms with Gasteiger partial charge in [-0.05, 0) is 66.4 Å². The van der Waals surface area contributed by atoms with E-state index in [-0.39, 0.29) is 0 Å². The highest BCUT2D eigenvalue weighted by atomic mass is 32.3. The summed E-state index contributed by atoms with van der Waals surface area (Å²) in [6.07, 6.45) is 14.6. The summed E-state index contributed by atoms with van der Waals surface area (Å²) in [5.41, 5.74) is 5.53. The van der Waals surface area contributed by atoms with Gasteiger partial charge in [-0.15, -0.1) is 0 Å². The molecule has 0 saturated carbocycles. The molecule has 0 N–H and O–H groups in total. The highest BCUT2D eigenvalue weighted by Crippen LogP contribution is 2.68. The summed E-state index contributed by atoms with van der Waals surface area (Å²) in [5.74, 6) is 0. The SMILES string of the molecule is CS(C)(C)C(c1cccc(C(c2ccccc2)(c2ccccc2)c2ccccc2)n1)S(C)(C)C. The zero-order chi connectivity index (χ0) is 24.4. The first-order valence-electron chi connectivity index (χ1n) is 11.6. The van der Waals surface area contributed by atoms with Crippen molar-refractivity contribution in [3.05, 3.63) is 137 Å². The minimum Gasteiger partial charge on any atom is -0.254 e. The number of aromatic nitrogens is 1. The third kappa shape index (κ3) is 4.69. The fourth-order valence-electron chi connectivity index (χ4n) is 5.39. The second kappa shape index (κ2) is 9.64. The molecule has 4 aromatic rings. The largest absolute Gasteiger partial charge is 0.254 e. The third-order valence-corrected chi connectivity index (χ3v) is 12.8. The minimum atomic E-state index is -0.857. The van der Waals surface area contributed by atoms with Gasteiger partial charge in [0.25, 0.3) is 0 Å². The molecule has 0 aliphatic carbocycles. The van der Waals surface area contributed by atoms with Crippen molar-refractivity contribution >= 4 is 20.1 Å². The lowest BCUT2D eigenvalue weighted by Gasteiger charge is -2.47. The molecule has 1 aromatic heterocycles. The zero-order valence-corrected chi connectivity index (χ0v) is 22.9. The molecular weight excluding hydrogens is 450 g/mol. The van der Waals surface area contributed by atoms with Crippen molar-refractivity contribution in [1.82, 2.24) is 4.98 Å². The van der Waals surface area contributed by atoms with Gasteiger partial charge in [-0.1, -0.05) is 97.1 Å². The van der Waals surface area contributed by atoms with Crippen LogP contribution in [0.1, 0.15) is 32.7 Å². The van der Waals surface area contributed by atoms with Gasteiger partial charge in [0, 0.05) is 0 Å². The summed E-state index contributed by atoms with van der Waals surface area (Å²) in [6.45, 7) is 0. The number of pyridine rings is 1. The molecule has 3 aromatic carbocycles. The highest BCUT2D eigenvalue weighted by molar-refractivity contribution is 8.47. The van der Waals surface area contributed by atoms with Crippen LogP contribution in [0.5, 0.6) is 0 Å². The van der Waals surface area contributed by atoms with Crippen LogP contribution < -0.4 is 0 Å². The molecule has 0 fully saturated rings. The predicted octanol–water partition coefficient (Wildman–Crippen LogP) is 7.85. The maximum Gasteiger partial charge on any atom is 0.0874 e. The molecule has 178 valence electrons. The van der Waals surface area contributed by atoms with E-state index in [0.717, 1.165) is 5.69 Å². The topological polar surface area (TPSA) is 12.9 Å². The van der Waals surface area contributed by atoms with E-state index in [1.54, 1.807) is 0 Å². The molecular formula is C31H37NS2. The van der Waals surface area contributed by atoms with Gasteiger partial charge in [-0.25, -0.2) is 20.1 Å². The van der Waals surface area contributed by atoms with Crippen LogP contribution in [-0.4, -0.2) is 42.5 Å². The van der Waals surface area contributed by atoms with Crippen LogP contribution in [0.15, 0.2) is 109 Å². The smallest absolute Gasteiger partial charge is 0.0874 e. The van der Waals surface area contributed by atoms with Crippen LogP contribution in [0.25, 0.3) is 0 Å². The van der Waals surface area contributed by atoms with Gasteiger partial charge in [0.2, 0.25) is 0 Å². The summed E-state index contributed by atoms with van der Waals surface area (Å²) in [6, 6.07) is 39.3. The van der Waals surface area contributed by atoms with E-state index in [9.17, 15) is 0 Å². The molecule has 3 heteroatoms. The normalized spacial score (nSPS) is 13.6. The zero-order valence-electron chi connectivity index (χ0n) is 21.2. The van der Waals surface area contributed by atoms with Crippen molar-refractivity contribution in [2.24, 2.45) is 0 Å². The maximum absolute atomic E-state index is 5.55. The van der Waals surface area contributed by atoms with E-state index in [0.29, 0.717) is 4.58 Å². The van der Waals surface area contributed by atoms with E-state index in [2.05, 4.69) is 147 Å². The Morgan fingerprint density at radius 3 is 1.24 bits per heavy atom. The van der Waals surface area contributed by atoms with Crippen molar-refractivity contribution in [1.29, 1.82) is 0 Å². The Kier molecular flexibility index (Phi) is 6.98. The minimum absolute atomic E-state index is 0.472. The first-order chi connectivity index (χ1) is 16.1. The van der Waals surface area contributed by atoms with Gasteiger partial charge in [0.15, 0.2) is 0 Å². The lowest BCUT2D eigenvalue weighted by molar-refractivity contribution is 0.709. The Bertz CT molecular complexity index is 1100. The van der Waals surface area contributed by atoms with Crippen molar-refractivity contribution in [2.45, 2.75) is 10.00 Å². The molecule has 0 amide bonds. The summed E-state index contributed by atoms with van der Waals surface area (Å²) >= 11 is 0. The summed E-state index contributed by atoms with van der Waals surface area (Å²) in [4.78, 5) is 5.55. The molecule has 1 nitrogen and oxygen atoms in total. The van der Waals surface area contributed by atoms with Crippen LogP contribution in [-0.2, 0) is 5.41 Å². The van der Waals surface area contributed by atoms with Gasteiger partial charge in [0.05, 0.1) is 21.4 Å². The molecule has 0 radical (unpaired) electrons. The van der Waals surface area contributed by atoms with Crippen LogP contribution in [0.4, 0.5) is 0 Å². The number of hydrogen-bond donors (Lipinski definition) is 0. The molecule has 0 spiro atoms. The van der Waals surface area contributed by atoms with E-state index in [1.807, 2.05) is 0 Å². The maximum atomic E-state index is 5.55. The van der Waals surface area contributed by atoms with E-state index >= 15 is 0 Å². The molecule has 0 aliphatic rings. The standard InChI is InChI=1S/C31H37NS2/c1-33(2,3)30(34(4,5)6)28-23-16-24-29(32-28)31(25-17-10-7-11-18-25,26-19-12-8-13-20-26)27-21-14-9-15-22-27/h7-24,30H,1-6H3. The monoisotopic (exact) mass is 487 g/mol. The van der Waals surface area contributed by atoms with Crippen LogP contribution in [0, 0.1) is 0 Å².